The molecule has 4 heteroatoms. The van der Waals surface area contributed by atoms with Crippen LogP contribution in [0.25, 0.3) is 11.0 Å². The van der Waals surface area contributed by atoms with Crippen LogP contribution in [0.1, 0.15) is 38.0 Å². The van der Waals surface area contributed by atoms with Crippen LogP contribution < -0.4 is 5.32 Å². The van der Waals surface area contributed by atoms with Crippen LogP contribution in [0.2, 0.25) is 5.02 Å². The molecule has 0 amide bonds. The number of halogens is 1. The zero-order valence-electron chi connectivity index (χ0n) is 11.7. The number of nitrogens with one attached hydrogen (secondary N) is 1. The van der Waals surface area contributed by atoms with Crippen LogP contribution in [0.3, 0.4) is 0 Å². The lowest BCUT2D eigenvalue weighted by molar-refractivity contribution is 0.415. The van der Waals surface area contributed by atoms with Gasteiger partial charge in [0.05, 0.1) is 6.04 Å². The Bertz CT molecular complexity index is 577. The van der Waals surface area contributed by atoms with Crippen molar-refractivity contribution < 1.29 is 4.42 Å². The van der Waals surface area contributed by atoms with Gasteiger partial charge in [0.2, 0.25) is 0 Å². The van der Waals surface area contributed by atoms with Crippen molar-refractivity contribution >= 4 is 34.3 Å². The number of benzene rings is 1. The third-order valence-corrected chi connectivity index (χ3v) is 5.45. The van der Waals surface area contributed by atoms with E-state index in [2.05, 4.69) is 30.1 Å². The predicted octanol–water partition coefficient (Wildman–Crippen LogP) is 5.02. The number of furan rings is 1. The Balaban J connectivity index is 1.90. The van der Waals surface area contributed by atoms with E-state index in [0.29, 0.717) is 11.3 Å². The van der Waals surface area contributed by atoms with Crippen LogP contribution in [0.15, 0.2) is 28.7 Å². The van der Waals surface area contributed by atoms with Crippen LogP contribution in [0, 0.1) is 0 Å². The zero-order valence-corrected chi connectivity index (χ0v) is 13.3. The van der Waals surface area contributed by atoms with E-state index < -0.39 is 0 Å². The van der Waals surface area contributed by atoms with E-state index in [0.717, 1.165) is 34.7 Å². The minimum atomic E-state index is 0.314. The summed E-state index contributed by atoms with van der Waals surface area (Å²) in [5, 5.41) is 6.14. The summed E-state index contributed by atoms with van der Waals surface area (Å²) in [5.74, 6) is 2.32. The molecule has 0 bridgehead atoms. The molecule has 1 aromatic heterocycles. The van der Waals surface area contributed by atoms with Gasteiger partial charge in [-0.05, 0) is 55.8 Å². The molecule has 2 heterocycles. The van der Waals surface area contributed by atoms with Gasteiger partial charge in [-0.2, -0.15) is 11.8 Å². The lowest BCUT2D eigenvalue weighted by Gasteiger charge is -2.22. The van der Waals surface area contributed by atoms with E-state index in [1.165, 1.54) is 18.6 Å². The van der Waals surface area contributed by atoms with Crippen LogP contribution in [0.5, 0.6) is 0 Å². The normalized spacial score (nSPS) is 20.6. The van der Waals surface area contributed by atoms with Crippen molar-refractivity contribution in [2.45, 2.75) is 37.5 Å². The Morgan fingerprint density at radius 3 is 3.10 bits per heavy atom. The summed E-state index contributed by atoms with van der Waals surface area (Å²) in [7, 11) is 0. The average Bonchev–Trinajstić information content (AvgIpc) is 3.08. The smallest absolute Gasteiger partial charge is 0.134 e. The molecule has 3 rings (SSSR count). The summed E-state index contributed by atoms with van der Waals surface area (Å²) in [5.41, 5.74) is 0.927. The summed E-state index contributed by atoms with van der Waals surface area (Å²) in [6.07, 6.45) is 3.72. The van der Waals surface area contributed by atoms with Gasteiger partial charge in [-0.1, -0.05) is 18.5 Å². The van der Waals surface area contributed by atoms with Crippen molar-refractivity contribution in [2.24, 2.45) is 0 Å². The van der Waals surface area contributed by atoms with Gasteiger partial charge in [0.1, 0.15) is 11.3 Å². The first kappa shape index (κ1) is 14.3. The van der Waals surface area contributed by atoms with Crippen LogP contribution >= 0.6 is 23.4 Å². The fourth-order valence-corrected chi connectivity index (χ4v) is 4.34. The summed E-state index contributed by atoms with van der Waals surface area (Å²) in [6, 6.07) is 8.28. The molecule has 2 unspecified atom stereocenters. The van der Waals surface area contributed by atoms with Gasteiger partial charge < -0.3 is 9.73 Å². The SMILES string of the molecule is CCCNC(c1cc2cc(Cl)ccc2o1)C1CCCS1. The van der Waals surface area contributed by atoms with Gasteiger partial charge >= 0.3 is 0 Å². The van der Waals surface area contributed by atoms with E-state index in [-0.39, 0.29) is 0 Å². The Morgan fingerprint density at radius 2 is 2.35 bits per heavy atom. The predicted molar refractivity (Wildman–Crippen MR) is 87.7 cm³/mol. The van der Waals surface area contributed by atoms with E-state index in [1.807, 2.05) is 18.2 Å². The van der Waals surface area contributed by atoms with Crippen molar-refractivity contribution in [3.8, 4) is 0 Å². The highest BCUT2D eigenvalue weighted by Crippen LogP contribution is 2.38. The molecule has 1 aliphatic heterocycles. The molecule has 1 aromatic carbocycles. The van der Waals surface area contributed by atoms with E-state index in [4.69, 9.17) is 16.0 Å². The van der Waals surface area contributed by atoms with Crippen molar-refractivity contribution in [1.29, 1.82) is 0 Å². The van der Waals surface area contributed by atoms with Crippen molar-refractivity contribution in [3.63, 3.8) is 0 Å². The molecule has 0 spiro atoms. The molecule has 0 radical (unpaired) electrons. The van der Waals surface area contributed by atoms with Gasteiger partial charge in [0, 0.05) is 15.7 Å². The molecule has 1 saturated heterocycles. The molecule has 108 valence electrons. The second kappa shape index (κ2) is 6.42. The maximum absolute atomic E-state index is 6.06. The number of fused-ring (bicyclic) bond motifs is 1. The Kier molecular flexibility index (Phi) is 4.59. The van der Waals surface area contributed by atoms with Gasteiger partial charge in [-0.15, -0.1) is 0 Å². The standard InChI is InChI=1S/C16H20ClNOS/c1-2-7-18-16(15-4-3-8-20-15)14-10-11-9-12(17)5-6-13(11)19-14/h5-6,9-10,15-16,18H,2-4,7-8H2,1H3. The summed E-state index contributed by atoms with van der Waals surface area (Å²) >= 11 is 8.12. The minimum absolute atomic E-state index is 0.314. The van der Waals surface area contributed by atoms with Crippen LogP contribution in [-0.4, -0.2) is 17.5 Å². The number of hydrogen-bond acceptors (Lipinski definition) is 3. The molecule has 1 N–H and O–H groups in total. The largest absolute Gasteiger partial charge is 0.459 e. The van der Waals surface area contributed by atoms with Gasteiger partial charge in [0.15, 0.2) is 0 Å². The third-order valence-electron chi connectivity index (χ3n) is 3.75. The number of hydrogen-bond donors (Lipinski definition) is 1. The maximum Gasteiger partial charge on any atom is 0.134 e. The molecular formula is C16H20ClNOS. The topological polar surface area (TPSA) is 25.2 Å². The monoisotopic (exact) mass is 309 g/mol. The zero-order chi connectivity index (χ0) is 13.9. The molecule has 2 nitrogen and oxygen atoms in total. The van der Waals surface area contributed by atoms with Crippen molar-refractivity contribution in [2.75, 3.05) is 12.3 Å². The second-order valence-corrected chi connectivity index (χ2v) is 7.10. The van der Waals surface area contributed by atoms with Crippen molar-refractivity contribution in [3.05, 3.63) is 35.0 Å². The quantitative estimate of drug-likeness (QED) is 0.839. The molecule has 2 aromatic rings. The highest BCUT2D eigenvalue weighted by molar-refractivity contribution is 8.00. The second-order valence-electron chi connectivity index (χ2n) is 5.31. The molecule has 1 aliphatic rings. The Morgan fingerprint density at radius 1 is 1.45 bits per heavy atom. The van der Waals surface area contributed by atoms with E-state index in [1.54, 1.807) is 0 Å². The highest BCUT2D eigenvalue weighted by atomic mass is 35.5. The average molecular weight is 310 g/mol. The molecule has 0 saturated carbocycles. The third kappa shape index (κ3) is 3.00. The first-order valence-electron chi connectivity index (χ1n) is 7.32. The van der Waals surface area contributed by atoms with Crippen molar-refractivity contribution in [1.82, 2.24) is 5.32 Å². The van der Waals surface area contributed by atoms with Gasteiger partial charge in [0.25, 0.3) is 0 Å². The molecule has 2 atom stereocenters. The molecular weight excluding hydrogens is 290 g/mol. The molecule has 0 aliphatic carbocycles. The summed E-state index contributed by atoms with van der Waals surface area (Å²) in [4.78, 5) is 0. The van der Waals surface area contributed by atoms with Crippen LogP contribution in [0.4, 0.5) is 0 Å². The lowest BCUT2D eigenvalue weighted by Crippen LogP contribution is -2.29. The highest BCUT2D eigenvalue weighted by Gasteiger charge is 2.29. The first-order chi connectivity index (χ1) is 9.78. The summed E-state index contributed by atoms with van der Waals surface area (Å²) in [6.45, 7) is 3.23. The Labute approximate surface area is 129 Å². The van der Waals surface area contributed by atoms with Gasteiger partial charge in [-0.25, -0.2) is 0 Å². The van der Waals surface area contributed by atoms with E-state index in [9.17, 15) is 0 Å². The number of rotatable bonds is 5. The number of thioether (sulfide) groups is 1. The van der Waals surface area contributed by atoms with Crippen LogP contribution in [-0.2, 0) is 0 Å². The Hall–Kier alpha value is -0.640. The lowest BCUT2D eigenvalue weighted by atomic mass is 10.1. The molecule has 1 fully saturated rings. The fourth-order valence-electron chi connectivity index (χ4n) is 2.77. The fraction of sp³-hybridized carbons (Fsp3) is 0.500. The summed E-state index contributed by atoms with van der Waals surface area (Å²) < 4.78 is 6.06. The first-order valence-corrected chi connectivity index (χ1v) is 8.74. The van der Waals surface area contributed by atoms with Gasteiger partial charge in [-0.3, -0.25) is 0 Å². The van der Waals surface area contributed by atoms with E-state index >= 15 is 0 Å². The molecule has 20 heavy (non-hydrogen) atoms. The minimum Gasteiger partial charge on any atom is -0.459 e. The maximum atomic E-state index is 6.06.